The number of para-hydroxylation sites is 1. The van der Waals surface area contributed by atoms with E-state index in [1.807, 2.05) is 14.0 Å². The van der Waals surface area contributed by atoms with Gasteiger partial charge in [-0.25, -0.2) is 4.79 Å². The highest BCUT2D eigenvalue weighted by Crippen LogP contribution is 2.28. The summed E-state index contributed by atoms with van der Waals surface area (Å²) in [6.45, 7) is 3.68. The first-order chi connectivity index (χ1) is 12.0. The smallest absolute Gasteiger partial charge is 0.348 e. The number of thiophene rings is 1. The van der Waals surface area contributed by atoms with Crippen molar-refractivity contribution in [2.24, 2.45) is 7.05 Å². The van der Waals surface area contributed by atoms with E-state index in [1.165, 1.54) is 18.3 Å². The number of rotatable bonds is 6. The standard InChI is InChI=1S/C18H18N2O4S/c1-11-14-10-16(25-17(14)20(3)19-11)18(22)24-9-8-23-15-7-5-4-6-13(15)12(2)21/h4-7,10H,8-9H2,1-3H3. The van der Waals surface area contributed by atoms with Crippen LogP contribution in [0.4, 0.5) is 0 Å². The number of aromatic nitrogens is 2. The Bertz CT molecular complexity index is 907. The molecule has 0 bridgehead atoms. The van der Waals surface area contributed by atoms with Crippen molar-refractivity contribution in [1.82, 2.24) is 9.78 Å². The predicted octanol–water partition coefficient (Wildman–Crippen LogP) is 3.38. The topological polar surface area (TPSA) is 70.4 Å². The van der Waals surface area contributed by atoms with Gasteiger partial charge in [0.05, 0.1) is 11.3 Å². The van der Waals surface area contributed by atoms with Crippen LogP contribution in [0.3, 0.4) is 0 Å². The molecule has 0 amide bonds. The molecule has 0 atom stereocenters. The Morgan fingerprint density at radius 2 is 2.00 bits per heavy atom. The van der Waals surface area contributed by atoms with E-state index >= 15 is 0 Å². The van der Waals surface area contributed by atoms with Crippen LogP contribution in [0, 0.1) is 6.92 Å². The van der Waals surface area contributed by atoms with Gasteiger partial charge in [-0.1, -0.05) is 12.1 Å². The van der Waals surface area contributed by atoms with Gasteiger partial charge in [0, 0.05) is 12.4 Å². The fourth-order valence-corrected chi connectivity index (χ4v) is 3.56. The van der Waals surface area contributed by atoms with Crippen molar-refractivity contribution in [1.29, 1.82) is 0 Å². The molecular formula is C18H18N2O4S. The first-order valence-corrected chi connectivity index (χ1v) is 8.62. The highest BCUT2D eigenvalue weighted by atomic mass is 32.1. The van der Waals surface area contributed by atoms with Gasteiger partial charge in [0.2, 0.25) is 0 Å². The van der Waals surface area contributed by atoms with Crippen molar-refractivity contribution >= 4 is 33.3 Å². The molecule has 2 aromatic heterocycles. The molecule has 0 aliphatic rings. The van der Waals surface area contributed by atoms with Gasteiger partial charge in [0.25, 0.3) is 0 Å². The van der Waals surface area contributed by atoms with Crippen molar-refractivity contribution in [2.45, 2.75) is 13.8 Å². The number of hydrogen-bond donors (Lipinski definition) is 0. The molecule has 2 heterocycles. The molecule has 1 aromatic carbocycles. The van der Waals surface area contributed by atoms with E-state index in [-0.39, 0.29) is 25.0 Å². The SMILES string of the molecule is CC(=O)c1ccccc1OCCOC(=O)c1cc2c(C)nn(C)c2s1. The Balaban J connectivity index is 1.57. The molecule has 0 N–H and O–H groups in total. The summed E-state index contributed by atoms with van der Waals surface area (Å²) in [5, 5.41) is 5.27. The van der Waals surface area contributed by atoms with E-state index in [1.54, 1.807) is 35.0 Å². The third-order valence-electron chi connectivity index (χ3n) is 3.74. The molecule has 0 aliphatic carbocycles. The van der Waals surface area contributed by atoms with E-state index in [2.05, 4.69) is 5.10 Å². The summed E-state index contributed by atoms with van der Waals surface area (Å²) in [5.41, 5.74) is 1.40. The zero-order valence-corrected chi connectivity index (χ0v) is 15.1. The molecule has 0 spiro atoms. The second-order valence-corrected chi connectivity index (χ2v) is 6.61. The van der Waals surface area contributed by atoms with Crippen molar-refractivity contribution in [3.8, 4) is 5.75 Å². The van der Waals surface area contributed by atoms with Crippen LogP contribution in [0.2, 0.25) is 0 Å². The van der Waals surface area contributed by atoms with Gasteiger partial charge in [-0.15, -0.1) is 11.3 Å². The highest BCUT2D eigenvalue weighted by molar-refractivity contribution is 7.20. The highest BCUT2D eigenvalue weighted by Gasteiger charge is 2.16. The van der Waals surface area contributed by atoms with Crippen molar-refractivity contribution in [2.75, 3.05) is 13.2 Å². The van der Waals surface area contributed by atoms with Crippen LogP contribution in [-0.2, 0) is 11.8 Å². The first-order valence-electron chi connectivity index (χ1n) is 7.80. The minimum absolute atomic E-state index is 0.0677. The predicted molar refractivity (Wildman–Crippen MR) is 95.6 cm³/mol. The van der Waals surface area contributed by atoms with Crippen LogP contribution >= 0.6 is 11.3 Å². The number of nitrogens with zero attached hydrogens (tertiary/aromatic N) is 2. The molecule has 0 fully saturated rings. The van der Waals surface area contributed by atoms with Crippen molar-refractivity contribution < 1.29 is 19.1 Å². The molecule has 0 unspecified atom stereocenters. The number of benzene rings is 1. The Labute approximate surface area is 149 Å². The number of fused-ring (bicyclic) bond motifs is 1. The summed E-state index contributed by atoms with van der Waals surface area (Å²) in [5.74, 6) is 0.0421. The Hall–Kier alpha value is -2.67. The number of ketones is 1. The molecule has 130 valence electrons. The summed E-state index contributed by atoms with van der Waals surface area (Å²) in [6.07, 6.45) is 0. The van der Waals surface area contributed by atoms with Gasteiger partial charge in [-0.2, -0.15) is 5.10 Å². The molecule has 0 saturated heterocycles. The molecule has 3 aromatic rings. The number of esters is 1. The van der Waals surface area contributed by atoms with Crippen LogP contribution in [0.5, 0.6) is 5.75 Å². The summed E-state index contributed by atoms with van der Waals surface area (Å²) in [4.78, 5) is 25.2. The van der Waals surface area contributed by atoms with Gasteiger partial charge in [0.1, 0.15) is 28.7 Å². The summed E-state index contributed by atoms with van der Waals surface area (Å²) in [6, 6.07) is 8.80. The summed E-state index contributed by atoms with van der Waals surface area (Å²) in [7, 11) is 1.85. The lowest BCUT2D eigenvalue weighted by molar-refractivity contribution is 0.0455. The van der Waals surface area contributed by atoms with Crippen LogP contribution in [-0.4, -0.2) is 34.7 Å². The normalized spacial score (nSPS) is 10.8. The van der Waals surface area contributed by atoms with Gasteiger partial charge >= 0.3 is 5.97 Å². The number of ether oxygens (including phenoxy) is 2. The van der Waals surface area contributed by atoms with E-state index in [4.69, 9.17) is 9.47 Å². The monoisotopic (exact) mass is 358 g/mol. The van der Waals surface area contributed by atoms with Gasteiger partial charge in [0.15, 0.2) is 5.78 Å². The Morgan fingerprint density at radius 1 is 1.24 bits per heavy atom. The van der Waals surface area contributed by atoms with Crippen molar-refractivity contribution in [3.05, 3.63) is 46.5 Å². The van der Waals surface area contributed by atoms with Crippen LogP contribution in [0.15, 0.2) is 30.3 Å². The maximum atomic E-state index is 12.2. The molecular weight excluding hydrogens is 340 g/mol. The number of Topliss-reactive ketones (excluding diaryl/α,β-unsaturated/α-hetero) is 1. The Kier molecular flexibility index (Phi) is 4.85. The van der Waals surface area contributed by atoms with Gasteiger partial charge < -0.3 is 9.47 Å². The van der Waals surface area contributed by atoms with E-state index < -0.39 is 0 Å². The number of carbonyl (C=O) groups is 2. The fraction of sp³-hybridized carbons (Fsp3) is 0.278. The minimum Gasteiger partial charge on any atom is -0.489 e. The number of hydrogen-bond acceptors (Lipinski definition) is 6. The molecule has 0 saturated carbocycles. The average Bonchev–Trinajstić information content (AvgIpc) is 3.14. The van der Waals surface area contributed by atoms with E-state index in [0.717, 1.165) is 15.9 Å². The van der Waals surface area contributed by atoms with Gasteiger partial charge in [-0.05, 0) is 32.0 Å². The summed E-state index contributed by atoms with van der Waals surface area (Å²) < 4.78 is 12.6. The van der Waals surface area contributed by atoms with E-state index in [9.17, 15) is 9.59 Å². The van der Waals surface area contributed by atoms with Crippen molar-refractivity contribution in [3.63, 3.8) is 0 Å². The minimum atomic E-state index is -0.385. The lowest BCUT2D eigenvalue weighted by Crippen LogP contribution is -2.12. The largest absolute Gasteiger partial charge is 0.489 e. The lowest BCUT2D eigenvalue weighted by Gasteiger charge is -2.09. The first kappa shape index (κ1) is 17.2. The number of carbonyl (C=O) groups excluding carboxylic acids is 2. The molecule has 7 heteroatoms. The zero-order chi connectivity index (χ0) is 18.0. The van der Waals surface area contributed by atoms with Gasteiger partial charge in [-0.3, -0.25) is 9.48 Å². The third-order valence-corrected chi connectivity index (χ3v) is 4.92. The molecule has 25 heavy (non-hydrogen) atoms. The fourth-order valence-electron chi connectivity index (χ4n) is 2.55. The molecule has 0 aliphatic heterocycles. The molecule has 6 nitrogen and oxygen atoms in total. The molecule has 0 radical (unpaired) electrons. The quantitative estimate of drug-likeness (QED) is 0.384. The second-order valence-electron chi connectivity index (χ2n) is 5.58. The third kappa shape index (κ3) is 3.56. The average molecular weight is 358 g/mol. The van der Waals surface area contributed by atoms with Crippen LogP contribution in [0.25, 0.3) is 10.2 Å². The molecule has 3 rings (SSSR count). The second kappa shape index (κ2) is 7.06. The zero-order valence-electron chi connectivity index (χ0n) is 14.2. The maximum absolute atomic E-state index is 12.2. The lowest BCUT2D eigenvalue weighted by atomic mass is 10.1. The van der Waals surface area contributed by atoms with Crippen LogP contribution in [0.1, 0.15) is 32.6 Å². The van der Waals surface area contributed by atoms with E-state index in [0.29, 0.717) is 16.2 Å². The summed E-state index contributed by atoms with van der Waals surface area (Å²) >= 11 is 1.35. The Morgan fingerprint density at radius 3 is 2.72 bits per heavy atom. The maximum Gasteiger partial charge on any atom is 0.348 e. The van der Waals surface area contributed by atoms with Crippen LogP contribution < -0.4 is 4.74 Å². The number of aryl methyl sites for hydroxylation is 2.